The summed E-state index contributed by atoms with van der Waals surface area (Å²) in [6.07, 6.45) is 3.39. The molecule has 0 atom stereocenters. The minimum atomic E-state index is 0.0439. The Morgan fingerprint density at radius 3 is 2.58 bits per heavy atom. The number of aromatic nitrogens is 4. The van der Waals surface area contributed by atoms with Gasteiger partial charge in [0, 0.05) is 16.4 Å². The first-order valence-electron chi connectivity index (χ1n) is 7.90. The van der Waals surface area contributed by atoms with Crippen LogP contribution in [0.5, 0.6) is 5.88 Å². The van der Waals surface area contributed by atoms with E-state index in [0.29, 0.717) is 28.4 Å². The lowest BCUT2D eigenvalue weighted by Crippen LogP contribution is -2.00. The fraction of sp³-hybridized carbons (Fsp3) is 0.222. The number of imidazole rings is 1. The van der Waals surface area contributed by atoms with Gasteiger partial charge in [-0.1, -0.05) is 35.5 Å². The fourth-order valence-corrected chi connectivity index (χ4v) is 3.30. The van der Waals surface area contributed by atoms with Crippen molar-refractivity contribution in [3.8, 4) is 5.88 Å². The first-order valence-corrected chi connectivity index (χ1v) is 9.51. The SMILES string of the molecule is CSc1nc(/C=N/c2nc(C)cc(C)n2)c(O)n1Cc1cccc(Cl)c1. The minimum absolute atomic E-state index is 0.0439. The molecule has 0 amide bonds. The molecule has 2 heterocycles. The van der Waals surface area contributed by atoms with E-state index in [1.165, 1.54) is 18.0 Å². The highest BCUT2D eigenvalue weighted by Gasteiger charge is 2.15. The van der Waals surface area contributed by atoms with E-state index in [-0.39, 0.29) is 5.88 Å². The third kappa shape index (κ3) is 4.23. The Kier molecular flexibility index (Phi) is 5.58. The second-order valence-corrected chi connectivity index (χ2v) is 6.94. The van der Waals surface area contributed by atoms with E-state index in [0.717, 1.165) is 17.0 Å². The van der Waals surface area contributed by atoms with Crippen molar-refractivity contribution >= 4 is 35.5 Å². The third-order valence-electron chi connectivity index (χ3n) is 3.62. The van der Waals surface area contributed by atoms with Crippen molar-refractivity contribution in [3.05, 3.63) is 58.0 Å². The minimum Gasteiger partial charge on any atom is -0.493 e. The standard InChI is InChI=1S/C18H18ClN5OS/c1-11-7-12(2)22-17(21-11)20-9-15-16(25)24(18(23-15)26-3)10-13-5-4-6-14(19)8-13/h4-9,25H,10H2,1-3H3/b20-9+. The molecule has 0 saturated heterocycles. The van der Waals surface area contributed by atoms with Crippen LogP contribution in [0.15, 0.2) is 40.5 Å². The summed E-state index contributed by atoms with van der Waals surface area (Å²) in [5.41, 5.74) is 3.02. The van der Waals surface area contributed by atoms with Crippen molar-refractivity contribution in [2.45, 2.75) is 25.5 Å². The Morgan fingerprint density at radius 1 is 1.19 bits per heavy atom. The molecule has 8 heteroatoms. The van der Waals surface area contributed by atoms with Gasteiger partial charge < -0.3 is 5.11 Å². The van der Waals surface area contributed by atoms with E-state index in [1.807, 2.05) is 50.4 Å². The van der Waals surface area contributed by atoms with Crippen LogP contribution in [0.2, 0.25) is 5.02 Å². The summed E-state index contributed by atoms with van der Waals surface area (Å²) in [4.78, 5) is 17.2. The van der Waals surface area contributed by atoms with Gasteiger partial charge in [-0.25, -0.2) is 19.9 Å². The van der Waals surface area contributed by atoms with Crippen LogP contribution < -0.4 is 0 Å². The lowest BCUT2D eigenvalue weighted by Gasteiger charge is -2.07. The van der Waals surface area contributed by atoms with Crippen LogP contribution in [-0.2, 0) is 6.54 Å². The van der Waals surface area contributed by atoms with Gasteiger partial charge in [0.2, 0.25) is 11.8 Å². The molecule has 1 N–H and O–H groups in total. The van der Waals surface area contributed by atoms with Crippen molar-refractivity contribution < 1.29 is 5.11 Å². The van der Waals surface area contributed by atoms with Gasteiger partial charge in [0.15, 0.2) is 5.16 Å². The van der Waals surface area contributed by atoms with Gasteiger partial charge >= 0.3 is 0 Å². The van der Waals surface area contributed by atoms with Crippen molar-refractivity contribution in [3.63, 3.8) is 0 Å². The number of benzene rings is 1. The van der Waals surface area contributed by atoms with Gasteiger partial charge in [0.25, 0.3) is 0 Å². The zero-order chi connectivity index (χ0) is 18.7. The van der Waals surface area contributed by atoms with E-state index < -0.39 is 0 Å². The van der Waals surface area contributed by atoms with Crippen LogP contribution in [0.4, 0.5) is 5.95 Å². The van der Waals surface area contributed by atoms with Gasteiger partial charge in [-0.3, -0.25) is 4.57 Å². The average molecular weight is 388 g/mol. The predicted molar refractivity (Wildman–Crippen MR) is 105 cm³/mol. The molecule has 0 aliphatic carbocycles. The van der Waals surface area contributed by atoms with E-state index in [4.69, 9.17) is 11.6 Å². The number of rotatable bonds is 5. The molecule has 0 radical (unpaired) electrons. The summed E-state index contributed by atoms with van der Waals surface area (Å²) in [5, 5.41) is 11.9. The smallest absolute Gasteiger partial charge is 0.249 e. The number of halogens is 1. The van der Waals surface area contributed by atoms with Crippen molar-refractivity contribution in [2.75, 3.05) is 6.26 Å². The average Bonchev–Trinajstić information content (AvgIpc) is 2.88. The topological polar surface area (TPSA) is 76.2 Å². The summed E-state index contributed by atoms with van der Waals surface area (Å²) in [5.74, 6) is 0.388. The molecule has 0 spiro atoms. The van der Waals surface area contributed by atoms with Crippen LogP contribution in [0.1, 0.15) is 22.6 Å². The maximum absolute atomic E-state index is 10.6. The lowest BCUT2D eigenvalue weighted by atomic mass is 10.2. The monoisotopic (exact) mass is 387 g/mol. The number of aryl methyl sites for hydroxylation is 2. The molecular formula is C18H18ClN5OS. The van der Waals surface area contributed by atoms with Crippen LogP contribution in [0.3, 0.4) is 0 Å². The molecule has 6 nitrogen and oxygen atoms in total. The van der Waals surface area contributed by atoms with Crippen LogP contribution >= 0.6 is 23.4 Å². The summed E-state index contributed by atoms with van der Waals surface area (Å²) in [7, 11) is 0. The van der Waals surface area contributed by atoms with Gasteiger partial charge in [0.05, 0.1) is 12.8 Å². The molecule has 2 aromatic heterocycles. The molecule has 1 aromatic carbocycles. The highest BCUT2D eigenvalue weighted by atomic mass is 35.5. The Bertz CT molecular complexity index is 950. The Hall–Kier alpha value is -2.38. The summed E-state index contributed by atoms with van der Waals surface area (Å²) < 4.78 is 1.72. The number of nitrogens with zero attached hydrogens (tertiary/aromatic N) is 5. The molecular weight excluding hydrogens is 370 g/mol. The third-order valence-corrected chi connectivity index (χ3v) is 4.53. The maximum atomic E-state index is 10.6. The Labute approximate surface area is 161 Å². The van der Waals surface area contributed by atoms with Crippen LogP contribution in [-0.4, -0.2) is 37.1 Å². The quantitative estimate of drug-likeness (QED) is 0.525. The number of aromatic hydroxyl groups is 1. The first-order chi connectivity index (χ1) is 12.5. The molecule has 3 aromatic rings. The largest absolute Gasteiger partial charge is 0.493 e. The summed E-state index contributed by atoms with van der Waals surface area (Å²) >= 11 is 7.49. The van der Waals surface area contributed by atoms with Crippen molar-refractivity contribution in [1.29, 1.82) is 0 Å². The van der Waals surface area contributed by atoms with Crippen LogP contribution in [0, 0.1) is 13.8 Å². The van der Waals surface area contributed by atoms with Gasteiger partial charge in [-0.15, -0.1) is 0 Å². The molecule has 0 unspecified atom stereocenters. The Balaban J connectivity index is 1.91. The molecule has 134 valence electrons. The zero-order valence-corrected chi connectivity index (χ0v) is 16.2. The van der Waals surface area contributed by atoms with Gasteiger partial charge in [-0.05, 0) is 43.9 Å². The fourth-order valence-electron chi connectivity index (χ4n) is 2.53. The van der Waals surface area contributed by atoms with E-state index >= 15 is 0 Å². The number of aliphatic imine (C=N–C) groups is 1. The number of hydrogen-bond donors (Lipinski definition) is 1. The molecule has 26 heavy (non-hydrogen) atoms. The molecule has 0 fully saturated rings. The molecule has 3 rings (SSSR count). The number of thioether (sulfide) groups is 1. The van der Waals surface area contributed by atoms with E-state index in [1.54, 1.807) is 4.57 Å². The second-order valence-electron chi connectivity index (χ2n) is 5.73. The summed E-state index contributed by atoms with van der Waals surface area (Å²) in [6, 6.07) is 9.39. The molecule has 0 aliphatic heterocycles. The van der Waals surface area contributed by atoms with Crippen molar-refractivity contribution in [1.82, 2.24) is 19.5 Å². The summed E-state index contributed by atoms with van der Waals surface area (Å²) in [6.45, 7) is 4.23. The molecule has 0 saturated carbocycles. The number of hydrogen-bond acceptors (Lipinski definition) is 6. The molecule has 0 bridgehead atoms. The molecule has 0 aliphatic rings. The van der Waals surface area contributed by atoms with Crippen molar-refractivity contribution in [2.24, 2.45) is 4.99 Å². The maximum Gasteiger partial charge on any atom is 0.249 e. The lowest BCUT2D eigenvalue weighted by molar-refractivity contribution is 0.415. The highest BCUT2D eigenvalue weighted by molar-refractivity contribution is 7.98. The van der Waals surface area contributed by atoms with E-state index in [2.05, 4.69) is 19.9 Å². The first kappa shape index (κ1) is 18.4. The van der Waals surface area contributed by atoms with Gasteiger partial charge in [0.1, 0.15) is 5.69 Å². The highest BCUT2D eigenvalue weighted by Crippen LogP contribution is 2.26. The van der Waals surface area contributed by atoms with E-state index in [9.17, 15) is 5.11 Å². The predicted octanol–water partition coefficient (Wildman–Crippen LogP) is 4.17. The van der Waals surface area contributed by atoms with Gasteiger partial charge in [-0.2, -0.15) is 0 Å². The van der Waals surface area contributed by atoms with Crippen LogP contribution in [0.25, 0.3) is 0 Å². The zero-order valence-electron chi connectivity index (χ0n) is 14.6. The normalized spacial score (nSPS) is 11.4. The Morgan fingerprint density at radius 2 is 1.92 bits per heavy atom. The second kappa shape index (κ2) is 7.88.